The average molecular weight is 257 g/mol. The number of Topliss-reactive ketones (excluding diaryl/α,β-unsaturated/α-hetero) is 1. The maximum absolute atomic E-state index is 11.6. The van der Waals surface area contributed by atoms with Crippen LogP contribution in [0.15, 0.2) is 0 Å². The molecule has 0 aliphatic rings. The lowest BCUT2D eigenvalue weighted by Crippen LogP contribution is -2.09. The highest BCUT2D eigenvalue weighted by molar-refractivity contribution is 7.14. The molecule has 1 aromatic heterocycles. The Morgan fingerprint density at radius 3 is 2.59 bits per heavy atom. The van der Waals surface area contributed by atoms with Gasteiger partial charge in [0.15, 0.2) is 11.5 Å². The first-order valence-corrected chi connectivity index (χ1v) is 6.04. The Bertz CT molecular complexity index is 427. The van der Waals surface area contributed by atoms with Gasteiger partial charge in [-0.15, -0.1) is 11.3 Å². The van der Waals surface area contributed by atoms with Crippen molar-refractivity contribution in [1.82, 2.24) is 4.98 Å². The van der Waals surface area contributed by atoms with E-state index in [-0.39, 0.29) is 24.2 Å². The van der Waals surface area contributed by atoms with Gasteiger partial charge in [0.1, 0.15) is 16.0 Å². The van der Waals surface area contributed by atoms with Gasteiger partial charge in [-0.1, -0.05) is 0 Å². The lowest BCUT2D eigenvalue weighted by atomic mass is 10.3. The molecule has 0 saturated carbocycles. The Balaban J connectivity index is 3.14. The predicted octanol–water partition coefficient (Wildman–Crippen LogP) is 2.23. The molecule has 0 amide bonds. The van der Waals surface area contributed by atoms with Crippen LogP contribution in [-0.4, -0.2) is 30.5 Å². The third-order valence-corrected chi connectivity index (χ3v) is 3.45. The smallest absolute Gasteiger partial charge is 0.358 e. The zero-order chi connectivity index (χ0) is 13.0. The Kier molecular flexibility index (Phi) is 4.77. The van der Waals surface area contributed by atoms with Crippen LogP contribution in [0.2, 0.25) is 0 Å². The summed E-state index contributed by atoms with van der Waals surface area (Å²) in [6.45, 7) is 5.16. The van der Waals surface area contributed by atoms with Gasteiger partial charge in [-0.05, 0) is 13.8 Å². The summed E-state index contributed by atoms with van der Waals surface area (Å²) >= 11 is 1.17. The lowest BCUT2D eigenvalue weighted by Gasteiger charge is -2.03. The summed E-state index contributed by atoms with van der Waals surface area (Å²) in [4.78, 5) is 27.5. The second-order valence-corrected chi connectivity index (χ2v) is 4.42. The Hall–Kier alpha value is -1.27. The van der Waals surface area contributed by atoms with Gasteiger partial charge in [-0.2, -0.15) is 0 Å². The summed E-state index contributed by atoms with van der Waals surface area (Å²) in [6.07, 6.45) is -0.249. The van der Waals surface area contributed by atoms with Crippen LogP contribution in [0.5, 0.6) is 0 Å². The molecule has 6 heteroatoms. The number of rotatable bonds is 5. The fraction of sp³-hybridized carbons (Fsp3) is 0.545. The van der Waals surface area contributed by atoms with Crippen LogP contribution < -0.4 is 0 Å². The van der Waals surface area contributed by atoms with Crippen molar-refractivity contribution in [3.05, 3.63) is 15.6 Å². The number of hydrogen-bond donors (Lipinski definition) is 0. The maximum atomic E-state index is 11.6. The lowest BCUT2D eigenvalue weighted by molar-refractivity contribution is 0.0516. The number of esters is 1. The van der Waals surface area contributed by atoms with Crippen LogP contribution in [-0.2, 0) is 9.47 Å². The predicted molar refractivity (Wildman–Crippen MR) is 63.5 cm³/mol. The Morgan fingerprint density at radius 1 is 1.47 bits per heavy atom. The monoisotopic (exact) mass is 257 g/mol. The molecule has 5 nitrogen and oxygen atoms in total. The number of ketones is 1. The number of aromatic nitrogens is 1. The first-order chi connectivity index (χ1) is 8.01. The van der Waals surface area contributed by atoms with Gasteiger partial charge in [-0.25, -0.2) is 9.78 Å². The van der Waals surface area contributed by atoms with Crippen LogP contribution in [0, 0.1) is 0 Å². The van der Waals surface area contributed by atoms with Crippen LogP contribution in [0.3, 0.4) is 0 Å². The molecule has 0 aliphatic heterocycles. The minimum Gasteiger partial charge on any atom is -0.461 e. The van der Waals surface area contributed by atoms with Crippen molar-refractivity contribution >= 4 is 23.1 Å². The van der Waals surface area contributed by atoms with Crippen LogP contribution in [0.25, 0.3) is 0 Å². The van der Waals surface area contributed by atoms with Gasteiger partial charge in [0.2, 0.25) is 0 Å². The van der Waals surface area contributed by atoms with E-state index < -0.39 is 5.97 Å². The number of hydrogen-bond acceptors (Lipinski definition) is 6. The first kappa shape index (κ1) is 13.8. The van der Waals surface area contributed by atoms with Crippen molar-refractivity contribution < 1.29 is 19.1 Å². The molecule has 1 heterocycles. The van der Waals surface area contributed by atoms with Gasteiger partial charge in [0.25, 0.3) is 0 Å². The van der Waals surface area contributed by atoms with Crippen LogP contribution >= 0.6 is 11.3 Å². The van der Waals surface area contributed by atoms with Gasteiger partial charge < -0.3 is 9.47 Å². The second kappa shape index (κ2) is 5.88. The highest BCUT2D eigenvalue weighted by atomic mass is 32.1. The average Bonchev–Trinajstić information content (AvgIpc) is 2.73. The quantitative estimate of drug-likeness (QED) is 0.597. The van der Waals surface area contributed by atoms with E-state index in [1.54, 1.807) is 21.0 Å². The normalized spacial score (nSPS) is 12.2. The van der Waals surface area contributed by atoms with E-state index >= 15 is 0 Å². The molecule has 0 saturated heterocycles. The van der Waals surface area contributed by atoms with Crippen molar-refractivity contribution in [1.29, 1.82) is 0 Å². The van der Waals surface area contributed by atoms with E-state index in [0.29, 0.717) is 9.88 Å². The number of thiazole rings is 1. The van der Waals surface area contributed by atoms with Gasteiger partial charge in [0, 0.05) is 14.0 Å². The molecule has 0 spiro atoms. The maximum Gasteiger partial charge on any atom is 0.358 e. The van der Waals surface area contributed by atoms with E-state index in [9.17, 15) is 9.59 Å². The molecular formula is C11H15NO4S. The highest BCUT2D eigenvalue weighted by Crippen LogP contribution is 2.26. The molecule has 0 bridgehead atoms. The standard InChI is InChI=1S/C11H15NO4S/c1-5-16-11(14)8-9(6(2)13)17-10(12-8)7(3)15-4/h7H,5H2,1-4H3. The largest absolute Gasteiger partial charge is 0.461 e. The van der Waals surface area contributed by atoms with Crippen molar-refractivity contribution in [2.75, 3.05) is 13.7 Å². The number of nitrogens with zero attached hydrogens (tertiary/aromatic N) is 1. The topological polar surface area (TPSA) is 65.5 Å². The third kappa shape index (κ3) is 3.10. The molecule has 0 aromatic carbocycles. The Morgan fingerprint density at radius 2 is 2.12 bits per heavy atom. The van der Waals surface area contributed by atoms with Crippen molar-refractivity contribution in [3.63, 3.8) is 0 Å². The first-order valence-electron chi connectivity index (χ1n) is 5.22. The third-order valence-electron chi connectivity index (χ3n) is 2.13. The van der Waals surface area contributed by atoms with Crippen LogP contribution in [0.4, 0.5) is 0 Å². The van der Waals surface area contributed by atoms with E-state index in [1.165, 1.54) is 18.3 Å². The fourth-order valence-corrected chi connectivity index (χ4v) is 2.17. The van der Waals surface area contributed by atoms with E-state index in [0.717, 1.165) is 0 Å². The second-order valence-electron chi connectivity index (χ2n) is 3.38. The summed E-state index contributed by atoms with van der Waals surface area (Å²) < 4.78 is 9.97. The molecule has 0 radical (unpaired) electrons. The van der Waals surface area contributed by atoms with E-state index in [1.807, 2.05) is 0 Å². The van der Waals surface area contributed by atoms with Gasteiger partial charge >= 0.3 is 5.97 Å². The highest BCUT2D eigenvalue weighted by Gasteiger charge is 2.24. The molecule has 1 rings (SSSR count). The fourth-order valence-electron chi connectivity index (χ4n) is 1.19. The van der Waals surface area contributed by atoms with E-state index in [2.05, 4.69) is 4.98 Å². The summed E-state index contributed by atoms with van der Waals surface area (Å²) in [7, 11) is 1.55. The Labute approximate surface area is 104 Å². The number of carbonyl (C=O) groups is 2. The molecule has 17 heavy (non-hydrogen) atoms. The number of methoxy groups -OCH3 is 1. The minimum absolute atomic E-state index is 0.0863. The van der Waals surface area contributed by atoms with Crippen molar-refractivity contribution in [3.8, 4) is 0 Å². The van der Waals surface area contributed by atoms with Crippen molar-refractivity contribution in [2.24, 2.45) is 0 Å². The number of carbonyl (C=O) groups excluding carboxylic acids is 2. The molecule has 94 valence electrons. The zero-order valence-corrected chi connectivity index (χ0v) is 11.1. The molecular weight excluding hydrogens is 242 g/mol. The molecule has 1 aromatic rings. The minimum atomic E-state index is -0.566. The molecule has 0 fully saturated rings. The molecule has 0 aliphatic carbocycles. The molecule has 0 N–H and O–H groups in total. The SMILES string of the molecule is CCOC(=O)c1nc(C(C)OC)sc1C(C)=O. The molecule has 1 atom stereocenters. The molecule has 1 unspecified atom stereocenters. The summed E-state index contributed by atoms with van der Waals surface area (Å²) in [5, 5.41) is 0.598. The van der Waals surface area contributed by atoms with Crippen molar-refractivity contribution in [2.45, 2.75) is 26.9 Å². The van der Waals surface area contributed by atoms with Crippen LogP contribution in [0.1, 0.15) is 52.0 Å². The summed E-state index contributed by atoms with van der Waals surface area (Å²) in [5.41, 5.74) is 0.0863. The zero-order valence-electron chi connectivity index (χ0n) is 10.3. The summed E-state index contributed by atoms with van der Waals surface area (Å²) in [5.74, 6) is -0.761. The number of ether oxygens (including phenoxy) is 2. The van der Waals surface area contributed by atoms with Gasteiger partial charge in [0.05, 0.1) is 6.61 Å². The van der Waals surface area contributed by atoms with Gasteiger partial charge in [-0.3, -0.25) is 4.79 Å². The summed E-state index contributed by atoms with van der Waals surface area (Å²) in [6, 6.07) is 0. The van der Waals surface area contributed by atoms with E-state index in [4.69, 9.17) is 9.47 Å².